The molecule has 0 aromatic heterocycles. The summed E-state index contributed by atoms with van der Waals surface area (Å²) in [6.45, 7) is 0.824. The normalized spacial score (nSPS) is 10.9. The topological polar surface area (TPSA) is 9.23 Å². The molecule has 0 aliphatic rings. The van der Waals surface area contributed by atoms with Crippen molar-refractivity contribution in [3.63, 3.8) is 0 Å². The van der Waals surface area contributed by atoms with Gasteiger partial charge in [0.05, 0.1) is 6.61 Å². The first kappa shape index (κ1) is 16.2. The molecule has 0 aliphatic carbocycles. The fraction of sp³-hybridized carbons (Fsp3) is 0.474. The summed E-state index contributed by atoms with van der Waals surface area (Å²) in [5.41, 5.74) is 0. The van der Waals surface area contributed by atoms with Crippen molar-refractivity contribution in [2.24, 2.45) is 0 Å². The molecule has 0 bridgehead atoms. The van der Waals surface area contributed by atoms with Crippen molar-refractivity contribution in [1.29, 1.82) is 0 Å². The molecule has 0 aliphatic heterocycles. The Bertz CT molecular complexity index is 518. The van der Waals surface area contributed by atoms with Crippen LogP contribution in [0.5, 0.6) is 5.75 Å². The molecule has 2 rings (SSSR count). The van der Waals surface area contributed by atoms with E-state index < -0.39 is 0 Å². The van der Waals surface area contributed by atoms with Crippen molar-refractivity contribution in [3.8, 4) is 5.75 Å². The van der Waals surface area contributed by atoms with E-state index in [2.05, 4.69) is 55.1 Å². The summed E-state index contributed by atoms with van der Waals surface area (Å²) in [7, 11) is 0. The lowest BCUT2D eigenvalue weighted by Crippen LogP contribution is -1.97. The SMILES string of the molecule is SCCCCCCCCCOc1cccc2ccccc12. The third-order valence-electron chi connectivity index (χ3n) is 3.81. The van der Waals surface area contributed by atoms with Crippen molar-refractivity contribution in [2.75, 3.05) is 12.4 Å². The highest BCUT2D eigenvalue weighted by atomic mass is 32.1. The summed E-state index contributed by atoms with van der Waals surface area (Å²) in [6, 6.07) is 14.7. The monoisotopic (exact) mass is 302 g/mol. The maximum atomic E-state index is 5.95. The molecule has 2 aromatic carbocycles. The zero-order valence-electron chi connectivity index (χ0n) is 12.8. The molecule has 0 saturated heterocycles. The molecule has 0 unspecified atom stereocenters. The number of benzene rings is 2. The Morgan fingerprint density at radius 2 is 1.38 bits per heavy atom. The van der Waals surface area contributed by atoms with Crippen LogP contribution >= 0.6 is 12.6 Å². The van der Waals surface area contributed by atoms with E-state index >= 15 is 0 Å². The van der Waals surface area contributed by atoms with Crippen molar-refractivity contribution >= 4 is 23.4 Å². The van der Waals surface area contributed by atoms with Gasteiger partial charge in [0.2, 0.25) is 0 Å². The maximum absolute atomic E-state index is 5.95. The van der Waals surface area contributed by atoms with Gasteiger partial charge < -0.3 is 4.74 Å². The van der Waals surface area contributed by atoms with Crippen LogP contribution in [0.25, 0.3) is 10.8 Å². The van der Waals surface area contributed by atoms with E-state index in [4.69, 9.17) is 4.74 Å². The van der Waals surface area contributed by atoms with E-state index in [1.165, 1.54) is 49.3 Å². The van der Waals surface area contributed by atoms with E-state index in [1.807, 2.05) is 0 Å². The van der Waals surface area contributed by atoms with Gasteiger partial charge in [-0.2, -0.15) is 12.6 Å². The van der Waals surface area contributed by atoms with Crippen LogP contribution in [-0.4, -0.2) is 12.4 Å². The molecule has 0 spiro atoms. The Balaban J connectivity index is 1.64. The van der Waals surface area contributed by atoms with Gasteiger partial charge in [-0.1, -0.05) is 68.5 Å². The lowest BCUT2D eigenvalue weighted by atomic mass is 10.1. The average Bonchev–Trinajstić information content (AvgIpc) is 2.53. The van der Waals surface area contributed by atoms with Gasteiger partial charge in [0, 0.05) is 5.39 Å². The highest BCUT2D eigenvalue weighted by Gasteiger charge is 2.00. The van der Waals surface area contributed by atoms with Crippen LogP contribution in [0.1, 0.15) is 44.9 Å². The second-order valence-corrected chi connectivity index (χ2v) is 5.97. The molecule has 2 heteroatoms. The van der Waals surface area contributed by atoms with Crippen molar-refractivity contribution < 1.29 is 4.74 Å². The number of ether oxygens (including phenoxy) is 1. The smallest absolute Gasteiger partial charge is 0.127 e. The van der Waals surface area contributed by atoms with Crippen LogP contribution in [0.3, 0.4) is 0 Å². The van der Waals surface area contributed by atoms with E-state index in [0.717, 1.165) is 24.5 Å². The van der Waals surface area contributed by atoms with Gasteiger partial charge in [-0.05, 0) is 30.0 Å². The van der Waals surface area contributed by atoms with Crippen LogP contribution in [0.2, 0.25) is 0 Å². The highest BCUT2D eigenvalue weighted by Crippen LogP contribution is 2.25. The Labute approximate surface area is 134 Å². The highest BCUT2D eigenvalue weighted by molar-refractivity contribution is 7.80. The molecule has 114 valence electrons. The van der Waals surface area contributed by atoms with Crippen LogP contribution in [0.15, 0.2) is 42.5 Å². The van der Waals surface area contributed by atoms with Gasteiger partial charge in [-0.3, -0.25) is 0 Å². The van der Waals surface area contributed by atoms with Gasteiger partial charge in [-0.15, -0.1) is 0 Å². The minimum Gasteiger partial charge on any atom is -0.493 e. The number of thiol groups is 1. The van der Waals surface area contributed by atoms with Crippen molar-refractivity contribution in [3.05, 3.63) is 42.5 Å². The molecule has 0 radical (unpaired) electrons. The number of hydrogen-bond donors (Lipinski definition) is 1. The van der Waals surface area contributed by atoms with Gasteiger partial charge >= 0.3 is 0 Å². The molecule has 0 atom stereocenters. The Hall–Kier alpha value is -1.15. The molecular weight excluding hydrogens is 276 g/mol. The second kappa shape index (κ2) is 9.73. The Morgan fingerprint density at radius 3 is 2.19 bits per heavy atom. The molecule has 0 saturated carbocycles. The molecule has 21 heavy (non-hydrogen) atoms. The number of fused-ring (bicyclic) bond motifs is 1. The van der Waals surface area contributed by atoms with E-state index in [1.54, 1.807) is 0 Å². The molecule has 1 nitrogen and oxygen atoms in total. The van der Waals surface area contributed by atoms with Crippen LogP contribution in [0.4, 0.5) is 0 Å². The standard InChI is InChI=1S/C19H26OS/c21-16-9-5-3-1-2-4-8-15-20-19-14-10-12-17-11-6-7-13-18(17)19/h6-7,10-14,21H,1-5,8-9,15-16H2. The summed E-state index contributed by atoms with van der Waals surface area (Å²) >= 11 is 4.24. The third kappa shape index (κ3) is 5.62. The lowest BCUT2D eigenvalue weighted by Gasteiger charge is -2.09. The fourth-order valence-corrected chi connectivity index (χ4v) is 2.83. The second-order valence-electron chi connectivity index (χ2n) is 5.52. The average molecular weight is 302 g/mol. The summed E-state index contributed by atoms with van der Waals surface area (Å²) in [4.78, 5) is 0. The van der Waals surface area contributed by atoms with Crippen molar-refractivity contribution in [2.45, 2.75) is 44.9 Å². The first-order valence-electron chi connectivity index (χ1n) is 8.13. The zero-order chi connectivity index (χ0) is 14.8. The minimum absolute atomic E-state index is 0.824. The van der Waals surface area contributed by atoms with E-state index in [-0.39, 0.29) is 0 Å². The molecule has 0 fully saturated rings. The van der Waals surface area contributed by atoms with Crippen molar-refractivity contribution in [1.82, 2.24) is 0 Å². The fourth-order valence-electron chi connectivity index (χ4n) is 2.60. The number of unbranched alkanes of at least 4 members (excludes halogenated alkanes) is 6. The summed E-state index contributed by atoms with van der Waals surface area (Å²) < 4.78 is 5.95. The quantitative estimate of drug-likeness (QED) is 0.426. The lowest BCUT2D eigenvalue weighted by molar-refractivity contribution is 0.307. The molecular formula is C19H26OS. The van der Waals surface area contributed by atoms with E-state index in [9.17, 15) is 0 Å². The summed E-state index contributed by atoms with van der Waals surface area (Å²) in [5, 5.41) is 2.46. The molecule has 2 aromatic rings. The third-order valence-corrected chi connectivity index (χ3v) is 4.13. The number of rotatable bonds is 10. The van der Waals surface area contributed by atoms with Crippen LogP contribution in [0, 0.1) is 0 Å². The Kier molecular flexibility index (Phi) is 7.51. The van der Waals surface area contributed by atoms with Gasteiger partial charge in [-0.25, -0.2) is 0 Å². The predicted molar refractivity (Wildman–Crippen MR) is 95.6 cm³/mol. The van der Waals surface area contributed by atoms with Gasteiger partial charge in [0.15, 0.2) is 0 Å². The summed E-state index contributed by atoms with van der Waals surface area (Å²) in [6.07, 6.45) is 9.03. The molecule has 0 N–H and O–H groups in total. The van der Waals surface area contributed by atoms with Gasteiger partial charge in [0.25, 0.3) is 0 Å². The minimum atomic E-state index is 0.824. The zero-order valence-corrected chi connectivity index (χ0v) is 13.7. The predicted octanol–water partition coefficient (Wildman–Crippen LogP) is 5.88. The van der Waals surface area contributed by atoms with Crippen LogP contribution in [-0.2, 0) is 0 Å². The largest absolute Gasteiger partial charge is 0.493 e. The first-order valence-corrected chi connectivity index (χ1v) is 8.76. The molecule has 0 heterocycles. The summed E-state index contributed by atoms with van der Waals surface area (Å²) in [5.74, 6) is 2.04. The first-order chi connectivity index (χ1) is 10.4. The van der Waals surface area contributed by atoms with E-state index in [0.29, 0.717) is 0 Å². The maximum Gasteiger partial charge on any atom is 0.127 e. The van der Waals surface area contributed by atoms with Crippen LogP contribution < -0.4 is 4.74 Å². The van der Waals surface area contributed by atoms with Gasteiger partial charge in [0.1, 0.15) is 5.75 Å². The molecule has 0 amide bonds. The number of hydrogen-bond acceptors (Lipinski definition) is 2. The Morgan fingerprint density at radius 1 is 0.714 bits per heavy atom.